The molecule has 22 heavy (non-hydrogen) atoms. The maximum atomic E-state index is 12.5. The van der Waals surface area contributed by atoms with Crippen LogP contribution in [0.1, 0.15) is 36.0 Å². The van der Waals surface area contributed by atoms with Crippen molar-refractivity contribution in [3.63, 3.8) is 0 Å². The number of nitrogens with zero attached hydrogens (tertiary/aromatic N) is 3. The molecule has 2 saturated heterocycles. The largest absolute Gasteiger partial charge is 0.369 e. The number of piperidine rings is 1. The summed E-state index contributed by atoms with van der Waals surface area (Å²) in [5.74, 6) is 0.577. The first-order chi connectivity index (χ1) is 10.6. The van der Waals surface area contributed by atoms with Gasteiger partial charge in [0.2, 0.25) is 5.91 Å². The maximum absolute atomic E-state index is 12.5. The smallest absolute Gasteiger partial charge is 0.255 e. The fraction of sp³-hybridized carbons (Fsp3) is 0.562. The molecule has 2 amide bonds. The van der Waals surface area contributed by atoms with Gasteiger partial charge in [0.15, 0.2) is 0 Å². The SMILES string of the molecule is NC(=O)C1CCN(C(=O)c2ccc(N3CCCC3)nc2)CC1. The van der Waals surface area contributed by atoms with Crippen LogP contribution in [0.2, 0.25) is 0 Å². The zero-order chi connectivity index (χ0) is 15.5. The average molecular weight is 302 g/mol. The molecule has 0 atom stereocenters. The number of amides is 2. The number of likely N-dealkylation sites (tertiary alicyclic amines) is 1. The number of hydrogen-bond acceptors (Lipinski definition) is 4. The highest BCUT2D eigenvalue weighted by atomic mass is 16.2. The molecule has 0 aromatic carbocycles. The predicted molar refractivity (Wildman–Crippen MR) is 83.5 cm³/mol. The number of aromatic nitrogens is 1. The Morgan fingerprint density at radius 1 is 1.09 bits per heavy atom. The van der Waals surface area contributed by atoms with Crippen molar-refractivity contribution in [3.8, 4) is 0 Å². The molecule has 6 heteroatoms. The molecule has 0 saturated carbocycles. The third-order valence-electron chi connectivity index (χ3n) is 4.61. The minimum absolute atomic E-state index is 0.0107. The van der Waals surface area contributed by atoms with Crippen LogP contribution in [-0.4, -0.2) is 47.9 Å². The number of anilines is 1. The van der Waals surface area contributed by atoms with Crippen molar-refractivity contribution >= 4 is 17.6 Å². The number of pyridine rings is 1. The maximum Gasteiger partial charge on any atom is 0.255 e. The van der Waals surface area contributed by atoms with Gasteiger partial charge in [-0.25, -0.2) is 4.98 Å². The Morgan fingerprint density at radius 3 is 2.32 bits per heavy atom. The molecule has 0 radical (unpaired) electrons. The molecule has 0 spiro atoms. The lowest BCUT2D eigenvalue weighted by Gasteiger charge is -2.30. The van der Waals surface area contributed by atoms with E-state index >= 15 is 0 Å². The highest BCUT2D eigenvalue weighted by Gasteiger charge is 2.26. The topological polar surface area (TPSA) is 79.5 Å². The summed E-state index contributed by atoms with van der Waals surface area (Å²) in [4.78, 5) is 32.1. The summed E-state index contributed by atoms with van der Waals surface area (Å²) < 4.78 is 0. The highest BCUT2D eigenvalue weighted by Crippen LogP contribution is 2.21. The second-order valence-corrected chi connectivity index (χ2v) is 6.07. The fourth-order valence-corrected chi connectivity index (χ4v) is 3.20. The van der Waals surface area contributed by atoms with Crippen molar-refractivity contribution in [3.05, 3.63) is 23.9 Å². The summed E-state index contributed by atoms with van der Waals surface area (Å²) in [6.07, 6.45) is 5.38. The van der Waals surface area contributed by atoms with Crippen LogP contribution < -0.4 is 10.6 Å². The molecule has 2 N–H and O–H groups in total. The van der Waals surface area contributed by atoms with E-state index in [-0.39, 0.29) is 17.7 Å². The molecule has 2 aliphatic rings. The van der Waals surface area contributed by atoms with E-state index in [1.54, 1.807) is 11.1 Å². The van der Waals surface area contributed by atoms with Crippen LogP contribution in [0.3, 0.4) is 0 Å². The molecule has 0 unspecified atom stereocenters. The van der Waals surface area contributed by atoms with Gasteiger partial charge in [-0.3, -0.25) is 9.59 Å². The normalized spacial score (nSPS) is 19.5. The van der Waals surface area contributed by atoms with Crippen LogP contribution in [0.4, 0.5) is 5.82 Å². The molecule has 2 fully saturated rings. The summed E-state index contributed by atoms with van der Waals surface area (Å²) >= 11 is 0. The monoisotopic (exact) mass is 302 g/mol. The van der Waals surface area contributed by atoms with Crippen LogP contribution in [0.25, 0.3) is 0 Å². The summed E-state index contributed by atoms with van der Waals surface area (Å²) in [5, 5.41) is 0. The molecule has 3 heterocycles. The first kappa shape index (κ1) is 14.8. The van der Waals surface area contributed by atoms with E-state index in [4.69, 9.17) is 5.73 Å². The van der Waals surface area contributed by atoms with Gasteiger partial charge in [-0.1, -0.05) is 0 Å². The lowest BCUT2D eigenvalue weighted by molar-refractivity contribution is -0.123. The van der Waals surface area contributed by atoms with Gasteiger partial charge < -0.3 is 15.5 Å². The number of hydrogen-bond donors (Lipinski definition) is 1. The number of primary amides is 1. The van der Waals surface area contributed by atoms with Gasteiger partial charge in [0.05, 0.1) is 5.56 Å². The Balaban J connectivity index is 1.61. The summed E-state index contributed by atoms with van der Waals surface area (Å²) in [7, 11) is 0. The van der Waals surface area contributed by atoms with Crippen molar-refractivity contribution in [2.24, 2.45) is 11.7 Å². The molecule has 118 valence electrons. The van der Waals surface area contributed by atoms with Crippen LogP contribution in [0, 0.1) is 5.92 Å². The predicted octanol–water partition coefficient (Wildman–Crippen LogP) is 1.02. The van der Waals surface area contributed by atoms with Crippen molar-refractivity contribution < 1.29 is 9.59 Å². The Bertz CT molecular complexity index is 544. The zero-order valence-corrected chi connectivity index (χ0v) is 12.7. The first-order valence-electron chi connectivity index (χ1n) is 7.95. The molecular formula is C16H22N4O2. The van der Waals surface area contributed by atoms with Crippen molar-refractivity contribution in [2.75, 3.05) is 31.1 Å². The minimum atomic E-state index is -0.260. The number of nitrogens with two attached hydrogens (primary N) is 1. The third-order valence-corrected chi connectivity index (χ3v) is 4.61. The first-order valence-corrected chi connectivity index (χ1v) is 7.95. The van der Waals surface area contributed by atoms with E-state index < -0.39 is 0 Å². The van der Waals surface area contributed by atoms with E-state index in [2.05, 4.69) is 9.88 Å². The van der Waals surface area contributed by atoms with Gasteiger partial charge in [0, 0.05) is 38.3 Å². The van der Waals surface area contributed by atoms with Gasteiger partial charge >= 0.3 is 0 Å². The van der Waals surface area contributed by atoms with Crippen LogP contribution in [0.15, 0.2) is 18.3 Å². The Morgan fingerprint density at radius 2 is 1.77 bits per heavy atom. The fourth-order valence-electron chi connectivity index (χ4n) is 3.20. The minimum Gasteiger partial charge on any atom is -0.369 e. The summed E-state index contributed by atoms with van der Waals surface area (Å²) in [5.41, 5.74) is 5.93. The van der Waals surface area contributed by atoms with Gasteiger partial charge in [-0.05, 0) is 37.8 Å². The van der Waals surface area contributed by atoms with Gasteiger partial charge in [-0.2, -0.15) is 0 Å². The molecule has 1 aromatic heterocycles. The number of rotatable bonds is 3. The van der Waals surface area contributed by atoms with E-state index in [0.29, 0.717) is 31.5 Å². The third kappa shape index (κ3) is 3.05. The molecular weight excluding hydrogens is 280 g/mol. The molecule has 1 aromatic rings. The molecule has 0 aliphatic carbocycles. The standard InChI is InChI=1S/C16H22N4O2/c17-15(21)12-5-9-20(10-6-12)16(22)13-3-4-14(18-11-13)19-7-1-2-8-19/h3-4,11-12H,1-2,5-10H2,(H2,17,21). The summed E-state index contributed by atoms with van der Waals surface area (Å²) in [6.45, 7) is 3.25. The van der Waals surface area contributed by atoms with E-state index in [9.17, 15) is 9.59 Å². The van der Waals surface area contributed by atoms with Crippen molar-refractivity contribution in [2.45, 2.75) is 25.7 Å². The van der Waals surface area contributed by atoms with Gasteiger partial charge in [0.1, 0.15) is 5.82 Å². The second kappa shape index (κ2) is 6.34. The number of carbonyl (C=O) groups excluding carboxylic acids is 2. The quantitative estimate of drug-likeness (QED) is 0.904. The Hall–Kier alpha value is -2.11. The van der Waals surface area contributed by atoms with E-state index in [1.165, 1.54) is 12.8 Å². The van der Waals surface area contributed by atoms with Gasteiger partial charge in [0.25, 0.3) is 5.91 Å². The van der Waals surface area contributed by atoms with Crippen LogP contribution in [0.5, 0.6) is 0 Å². The van der Waals surface area contributed by atoms with Crippen LogP contribution in [-0.2, 0) is 4.79 Å². The van der Waals surface area contributed by atoms with Crippen LogP contribution >= 0.6 is 0 Å². The lowest BCUT2D eigenvalue weighted by atomic mass is 9.96. The second-order valence-electron chi connectivity index (χ2n) is 6.07. The Kier molecular flexibility index (Phi) is 4.27. The van der Waals surface area contributed by atoms with E-state index in [0.717, 1.165) is 18.9 Å². The van der Waals surface area contributed by atoms with Crippen molar-refractivity contribution in [1.29, 1.82) is 0 Å². The lowest BCUT2D eigenvalue weighted by Crippen LogP contribution is -2.41. The van der Waals surface area contributed by atoms with E-state index in [1.807, 2.05) is 12.1 Å². The summed E-state index contributed by atoms with van der Waals surface area (Å²) in [6, 6.07) is 3.78. The molecule has 2 aliphatic heterocycles. The zero-order valence-electron chi connectivity index (χ0n) is 12.7. The highest BCUT2D eigenvalue weighted by molar-refractivity contribution is 5.94. The average Bonchev–Trinajstić information content (AvgIpc) is 3.09. The molecule has 0 bridgehead atoms. The Labute approximate surface area is 130 Å². The molecule has 6 nitrogen and oxygen atoms in total. The van der Waals surface area contributed by atoms with Gasteiger partial charge in [-0.15, -0.1) is 0 Å². The van der Waals surface area contributed by atoms with Crippen molar-refractivity contribution in [1.82, 2.24) is 9.88 Å². The number of carbonyl (C=O) groups is 2. The molecule has 3 rings (SSSR count).